The lowest BCUT2D eigenvalue weighted by atomic mass is 9.77. The van der Waals surface area contributed by atoms with Crippen LogP contribution in [0.5, 0.6) is 0 Å². The third kappa shape index (κ3) is 3.30. The summed E-state index contributed by atoms with van der Waals surface area (Å²) < 4.78 is 0. The van der Waals surface area contributed by atoms with Crippen LogP contribution in [0.15, 0.2) is 36.5 Å². The zero-order chi connectivity index (χ0) is 19.8. The summed E-state index contributed by atoms with van der Waals surface area (Å²) in [5, 5.41) is 0. The van der Waals surface area contributed by atoms with Crippen molar-refractivity contribution in [1.29, 1.82) is 0 Å². The minimum Gasteiger partial charge on any atom is -0.340 e. The number of hydrogen-bond donors (Lipinski definition) is 0. The standard InChI is InChI=1S/C23H26N4O2/c28-19-8-4-12-26(19)15-20(29)27-13-5-10-23(16-27)11-9-18-14-24-22(25-21(18)23)17-6-2-1-3-7-17/h1-3,6-7,14H,4-5,8-13,15-16H2. The van der Waals surface area contributed by atoms with E-state index in [9.17, 15) is 9.59 Å². The van der Waals surface area contributed by atoms with Crippen LogP contribution in [-0.4, -0.2) is 57.8 Å². The topological polar surface area (TPSA) is 66.4 Å². The molecular formula is C23H26N4O2. The molecule has 1 aliphatic carbocycles. The first-order valence-electron chi connectivity index (χ1n) is 10.6. The molecule has 2 fully saturated rings. The van der Waals surface area contributed by atoms with E-state index in [1.54, 1.807) is 4.90 Å². The Hall–Kier alpha value is -2.76. The lowest BCUT2D eigenvalue weighted by Gasteiger charge is -2.41. The average molecular weight is 390 g/mol. The Morgan fingerprint density at radius 2 is 1.93 bits per heavy atom. The van der Waals surface area contributed by atoms with E-state index < -0.39 is 0 Å². The fourth-order valence-electron chi connectivity index (χ4n) is 5.14. The molecule has 0 radical (unpaired) electrons. The first-order chi connectivity index (χ1) is 14.1. The summed E-state index contributed by atoms with van der Waals surface area (Å²) in [6, 6.07) is 10.1. The molecule has 0 N–H and O–H groups in total. The number of piperidine rings is 1. The molecule has 2 saturated heterocycles. The van der Waals surface area contributed by atoms with E-state index in [0.717, 1.165) is 55.7 Å². The molecule has 5 rings (SSSR count). The van der Waals surface area contributed by atoms with Crippen molar-refractivity contribution in [3.8, 4) is 11.4 Å². The van der Waals surface area contributed by atoms with Crippen molar-refractivity contribution in [3.63, 3.8) is 0 Å². The highest BCUT2D eigenvalue weighted by Gasteiger charge is 2.45. The Balaban J connectivity index is 1.39. The molecule has 0 saturated carbocycles. The molecule has 1 spiro atoms. The van der Waals surface area contributed by atoms with Crippen molar-refractivity contribution in [2.24, 2.45) is 0 Å². The summed E-state index contributed by atoms with van der Waals surface area (Å²) in [7, 11) is 0. The summed E-state index contributed by atoms with van der Waals surface area (Å²) in [5.41, 5.74) is 3.29. The first-order valence-corrected chi connectivity index (χ1v) is 10.6. The van der Waals surface area contributed by atoms with Crippen LogP contribution in [0.1, 0.15) is 43.4 Å². The van der Waals surface area contributed by atoms with Gasteiger partial charge < -0.3 is 9.80 Å². The molecule has 6 nitrogen and oxygen atoms in total. The summed E-state index contributed by atoms with van der Waals surface area (Å²) in [5.74, 6) is 0.943. The number of likely N-dealkylation sites (tertiary alicyclic amines) is 2. The second-order valence-electron chi connectivity index (χ2n) is 8.55. The number of nitrogens with zero attached hydrogens (tertiary/aromatic N) is 4. The largest absolute Gasteiger partial charge is 0.340 e. The van der Waals surface area contributed by atoms with Crippen LogP contribution in [0.25, 0.3) is 11.4 Å². The number of fused-ring (bicyclic) bond motifs is 2. The fourth-order valence-corrected chi connectivity index (χ4v) is 5.14. The maximum atomic E-state index is 12.9. The molecule has 2 aliphatic heterocycles. The normalized spacial score (nSPS) is 23.7. The molecule has 3 heterocycles. The highest BCUT2D eigenvalue weighted by atomic mass is 16.2. The second kappa shape index (κ2) is 7.25. The van der Waals surface area contributed by atoms with Gasteiger partial charge in [0.2, 0.25) is 11.8 Å². The Kier molecular flexibility index (Phi) is 4.57. The summed E-state index contributed by atoms with van der Waals surface area (Å²) in [6.45, 7) is 2.40. The Bertz CT molecular complexity index is 941. The minimum absolute atomic E-state index is 0.0742. The molecule has 150 valence electrons. The third-order valence-corrected chi connectivity index (χ3v) is 6.70. The van der Waals surface area contributed by atoms with Gasteiger partial charge in [-0.3, -0.25) is 9.59 Å². The van der Waals surface area contributed by atoms with Gasteiger partial charge in [-0.1, -0.05) is 30.3 Å². The van der Waals surface area contributed by atoms with Gasteiger partial charge in [0.15, 0.2) is 5.82 Å². The van der Waals surface area contributed by atoms with Gasteiger partial charge in [0.05, 0.1) is 12.2 Å². The molecule has 3 aliphatic rings. The number of aryl methyl sites for hydroxylation is 1. The van der Waals surface area contributed by atoms with Crippen molar-refractivity contribution >= 4 is 11.8 Å². The molecule has 2 aromatic rings. The van der Waals surface area contributed by atoms with Gasteiger partial charge in [-0.05, 0) is 37.7 Å². The molecule has 1 atom stereocenters. The van der Waals surface area contributed by atoms with Crippen LogP contribution >= 0.6 is 0 Å². The third-order valence-electron chi connectivity index (χ3n) is 6.70. The zero-order valence-corrected chi connectivity index (χ0v) is 16.6. The van der Waals surface area contributed by atoms with Gasteiger partial charge in [0.1, 0.15) is 0 Å². The van der Waals surface area contributed by atoms with Crippen molar-refractivity contribution in [1.82, 2.24) is 19.8 Å². The predicted octanol–water partition coefficient (Wildman–Crippen LogP) is 2.57. The number of carbonyl (C=O) groups excluding carboxylic acids is 2. The van der Waals surface area contributed by atoms with E-state index in [-0.39, 0.29) is 23.8 Å². The maximum absolute atomic E-state index is 12.9. The summed E-state index contributed by atoms with van der Waals surface area (Å²) in [6.07, 6.45) is 7.43. The van der Waals surface area contributed by atoms with Crippen molar-refractivity contribution in [3.05, 3.63) is 47.8 Å². The van der Waals surface area contributed by atoms with E-state index >= 15 is 0 Å². The van der Waals surface area contributed by atoms with E-state index in [4.69, 9.17) is 4.98 Å². The van der Waals surface area contributed by atoms with Crippen LogP contribution in [0.4, 0.5) is 0 Å². The van der Waals surface area contributed by atoms with Crippen molar-refractivity contribution in [2.75, 3.05) is 26.2 Å². The molecular weight excluding hydrogens is 364 g/mol. The molecule has 2 amide bonds. The lowest BCUT2D eigenvalue weighted by molar-refractivity contribution is -0.139. The predicted molar refractivity (Wildman–Crippen MR) is 109 cm³/mol. The minimum atomic E-state index is -0.0786. The number of benzene rings is 1. The van der Waals surface area contributed by atoms with Gasteiger partial charge >= 0.3 is 0 Å². The molecule has 1 unspecified atom stereocenters. The monoisotopic (exact) mass is 390 g/mol. The van der Waals surface area contributed by atoms with Crippen LogP contribution < -0.4 is 0 Å². The van der Waals surface area contributed by atoms with Crippen molar-refractivity contribution < 1.29 is 9.59 Å². The molecule has 6 heteroatoms. The highest BCUT2D eigenvalue weighted by molar-refractivity contribution is 5.86. The van der Waals surface area contributed by atoms with Gasteiger partial charge in [0.25, 0.3) is 0 Å². The van der Waals surface area contributed by atoms with Gasteiger partial charge in [-0.2, -0.15) is 0 Å². The lowest BCUT2D eigenvalue weighted by Crippen LogP contribution is -2.50. The van der Waals surface area contributed by atoms with E-state index in [1.165, 1.54) is 5.56 Å². The van der Waals surface area contributed by atoms with Gasteiger partial charge in [-0.15, -0.1) is 0 Å². The number of amides is 2. The summed E-state index contributed by atoms with van der Waals surface area (Å²) >= 11 is 0. The number of aromatic nitrogens is 2. The van der Waals surface area contributed by atoms with E-state index in [0.29, 0.717) is 19.5 Å². The average Bonchev–Trinajstić information content (AvgIpc) is 3.32. The van der Waals surface area contributed by atoms with Gasteiger partial charge in [-0.25, -0.2) is 9.97 Å². The molecule has 29 heavy (non-hydrogen) atoms. The Labute approximate surface area is 170 Å². The molecule has 0 bridgehead atoms. The highest BCUT2D eigenvalue weighted by Crippen LogP contribution is 2.44. The number of hydrogen-bond acceptors (Lipinski definition) is 4. The Morgan fingerprint density at radius 3 is 2.72 bits per heavy atom. The fraction of sp³-hybridized carbons (Fsp3) is 0.478. The maximum Gasteiger partial charge on any atom is 0.242 e. The second-order valence-corrected chi connectivity index (χ2v) is 8.55. The molecule has 1 aromatic heterocycles. The van der Waals surface area contributed by atoms with Crippen LogP contribution in [0.2, 0.25) is 0 Å². The van der Waals surface area contributed by atoms with Crippen LogP contribution in [-0.2, 0) is 21.4 Å². The zero-order valence-electron chi connectivity index (χ0n) is 16.6. The summed E-state index contributed by atoms with van der Waals surface area (Å²) in [4.78, 5) is 38.1. The SMILES string of the molecule is O=C1CCCN1CC(=O)N1CCCC2(CCc3cnc(-c4ccccc4)nc32)C1. The van der Waals surface area contributed by atoms with E-state index in [1.807, 2.05) is 41.4 Å². The number of carbonyl (C=O) groups is 2. The van der Waals surface area contributed by atoms with Crippen LogP contribution in [0.3, 0.4) is 0 Å². The first kappa shape index (κ1) is 18.3. The van der Waals surface area contributed by atoms with Gasteiger partial charge in [0, 0.05) is 43.2 Å². The molecule has 1 aromatic carbocycles. The van der Waals surface area contributed by atoms with Crippen LogP contribution in [0, 0.1) is 0 Å². The number of rotatable bonds is 3. The van der Waals surface area contributed by atoms with E-state index in [2.05, 4.69) is 4.98 Å². The van der Waals surface area contributed by atoms with Crippen molar-refractivity contribution in [2.45, 2.75) is 43.9 Å². The quantitative estimate of drug-likeness (QED) is 0.808. The Morgan fingerprint density at radius 1 is 1.07 bits per heavy atom. The smallest absolute Gasteiger partial charge is 0.242 e.